The van der Waals surface area contributed by atoms with Crippen molar-refractivity contribution in [3.05, 3.63) is 0 Å². The highest BCUT2D eigenvalue weighted by Gasteiger charge is 2.57. The summed E-state index contributed by atoms with van der Waals surface area (Å²) in [6.07, 6.45) is -2.70. The Balaban J connectivity index is 5.91. The number of aliphatic carboxylic acids is 2. The largest absolute Gasteiger partial charge is 0.481 e. The molecule has 0 saturated heterocycles. The number of rotatable bonds is 9. The van der Waals surface area contributed by atoms with E-state index >= 15 is 0 Å². The lowest BCUT2D eigenvalue weighted by atomic mass is 9.96. The molecule has 2 unspecified atom stereocenters. The normalized spacial score (nSPS) is 17.0. The third kappa shape index (κ3) is 4.86. The first kappa shape index (κ1) is 20.2. The molecule has 0 aromatic heterocycles. The number of carboxylic acids is 2. The van der Waals surface area contributed by atoms with Crippen LogP contribution < -0.4 is 0 Å². The lowest BCUT2D eigenvalue weighted by Crippen LogP contribution is -2.43. The van der Waals surface area contributed by atoms with E-state index in [0.717, 1.165) is 0 Å². The molecule has 0 spiro atoms. The van der Waals surface area contributed by atoms with Crippen LogP contribution in [-0.2, 0) is 18.7 Å². The molecule has 0 rings (SSSR count). The van der Waals surface area contributed by atoms with Gasteiger partial charge in [0.25, 0.3) is 0 Å². The molecule has 0 radical (unpaired) electrons. The van der Waals surface area contributed by atoms with Gasteiger partial charge in [0, 0.05) is 6.61 Å². The molecule has 0 aliphatic carbocycles. The standard InChI is InChI=1S/C8H16O11P2/c9-3-1-2-8(7(12)13,21(17,18)19)4-5(6(10)11)20(14,15)16/h5,9H,1-4H2,(H,10,11)(H,12,13)(H2,14,15,16)(H2,17,18,19). The van der Waals surface area contributed by atoms with E-state index in [0.29, 0.717) is 0 Å². The van der Waals surface area contributed by atoms with Gasteiger partial charge in [0.05, 0.1) is 0 Å². The van der Waals surface area contributed by atoms with E-state index in [9.17, 15) is 28.5 Å². The Morgan fingerprint density at radius 1 is 1.05 bits per heavy atom. The number of hydrogen-bond acceptors (Lipinski definition) is 5. The lowest BCUT2D eigenvalue weighted by Gasteiger charge is -2.32. The first-order chi connectivity index (χ1) is 9.29. The molecule has 0 amide bonds. The second-order valence-electron chi connectivity index (χ2n) is 4.36. The number of hydrogen-bond donors (Lipinski definition) is 7. The minimum atomic E-state index is -5.47. The van der Waals surface area contributed by atoms with E-state index in [-0.39, 0.29) is 0 Å². The van der Waals surface area contributed by atoms with Gasteiger partial charge in [-0.3, -0.25) is 18.7 Å². The highest BCUT2D eigenvalue weighted by molar-refractivity contribution is 7.55. The van der Waals surface area contributed by atoms with Crippen molar-refractivity contribution in [1.82, 2.24) is 0 Å². The predicted molar refractivity (Wildman–Crippen MR) is 66.8 cm³/mol. The molecule has 0 fully saturated rings. The summed E-state index contributed by atoms with van der Waals surface area (Å²) < 4.78 is 22.6. The van der Waals surface area contributed by atoms with Gasteiger partial charge in [-0.25, -0.2) is 0 Å². The Labute approximate surface area is 118 Å². The number of aliphatic hydroxyl groups excluding tert-OH is 1. The molecule has 124 valence electrons. The molecule has 0 aromatic carbocycles. The first-order valence-electron chi connectivity index (χ1n) is 5.47. The second-order valence-corrected chi connectivity index (χ2v) is 8.10. The van der Waals surface area contributed by atoms with E-state index in [1.54, 1.807) is 0 Å². The maximum atomic E-state index is 11.5. The minimum Gasteiger partial charge on any atom is -0.481 e. The molecule has 21 heavy (non-hydrogen) atoms. The minimum absolute atomic E-state index is 0.398. The topological polar surface area (TPSA) is 210 Å². The molecule has 0 aliphatic rings. The fraction of sp³-hybridized carbons (Fsp3) is 0.750. The maximum absolute atomic E-state index is 11.5. The van der Waals surface area contributed by atoms with Gasteiger partial charge >= 0.3 is 27.1 Å². The fourth-order valence-electron chi connectivity index (χ4n) is 1.73. The highest BCUT2D eigenvalue weighted by atomic mass is 31.2. The van der Waals surface area contributed by atoms with Crippen molar-refractivity contribution in [2.45, 2.75) is 30.1 Å². The summed E-state index contributed by atoms with van der Waals surface area (Å²) in [4.78, 5) is 58.4. The quantitative estimate of drug-likeness (QED) is 0.245. The Morgan fingerprint density at radius 3 is 1.76 bits per heavy atom. The average Bonchev–Trinajstić information content (AvgIpc) is 2.24. The van der Waals surface area contributed by atoms with Crippen molar-refractivity contribution in [1.29, 1.82) is 0 Å². The number of carboxylic acid groups (broad SMARTS) is 2. The Bertz CT molecular complexity index is 490. The summed E-state index contributed by atoms with van der Waals surface area (Å²) in [5.74, 6) is -4.17. The predicted octanol–water partition coefficient (Wildman–Crippen LogP) is -1.22. The second kappa shape index (κ2) is 6.97. The van der Waals surface area contributed by atoms with Crippen LogP contribution in [0.15, 0.2) is 0 Å². The van der Waals surface area contributed by atoms with Gasteiger partial charge in [-0.2, -0.15) is 0 Å². The zero-order valence-corrected chi connectivity index (χ0v) is 12.4. The smallest absolute Gasteiger partial charge is 0.342 e. The Kier molecular flexibility index (Phi) is 6.71. The molecular formula is C8H16O11P2. The molecule has 0 bridgehead atoms. The van der Waals surface area contributed by atoms with Crippen LogP contribution in [0.1, 0.15) is 19.3 Å². The average molecular weight is 350 g/mol. The van der Waals surface area contributed by atoms with E-state index < -0.39 is 63.8 Å². The van der Waals surface area contributed by atoms with Crippen molar-refractivity contribution >= 4 is 27.1 Å². The van der Waals surface area contributed by atoms with Crippen LogP contribution in [0.3, 0.4) is 0 Å². The monoisotopic (exact) mass is 350 g/mol. The van der Waals surface area contributed by atoms with Crippen LogP contribution in [-0.4, -0.2) is 64.3 Å². The Hall–Kier alpha value is -0.800. The van der Waals surface area contributed by atoms with E-state index in [1.165, 1.54) is 0 Å². The molecule has 0 aliphatic heterocycles. The third-order valence-electron chi connectivity index (χ3n) is 2.93. The highest BCUT2D eigenvalue weighted by Crippen LogP contribution is 2.59. The summed E-state index contributed by atoms with van der Waals surface area (Å²) in [7, 11) is -10.8. The van der Waals surface area contributed by atoms with Crippen LogP contribution in [0.4, 0.5) is 0 Å². The van der Waals surface area contributed by atoms with Crippen LogP contribution >= 0.6 is 15.2 Å². The Morgan fingerprint density at radius 2 is 1.52 bits per heavy atom. The molecule has 2 atom stereocenters. The zero-order chi connectivity index (χ0) is 17.1. The van der Waals surface area contributed by atoms with E-state index in [4.69, 9.17) is 25.1 Å². The van der Waals surface area contributed by atoms with Crippen molar-refractivity contribution in [3.63, 3.8) is 0 Å². The SMILES string of the molecule is O=C(O)C(CC(CCCO)(C(=O)O)P(=O)(O)O)P(=O)(O)O. The first-order valence-corrected chi connectivity index (χ1v) is 8.77. The zero-order valence-electron chi connectivity index (χ0n) is 10.6. The maximum Gasteiger partial charge on any atom is 0.342 e. The summed E-state index contributed by atoms with van der Waals surface area (Å²) in [5.41, 5.74) is -2.58. The van der Waals surface area contributed by atoms with Gasteiger partial charge in [0.1, 0.15) is 0 Å². The number of aliphatic hydroxyl groups is 1. The summed E-state index contributed by atoms with van der Waals surface area (Å²) in [6, 6.07) is 0. The molecule has 13 heteroatoms. The summed E-state index contributed by atoms with van der Waals surface area (Å²) in [5, 5.41) is 23.5. The van der Waals surface area contributed by atoms with Crippen LogP contribution in [0.5, 0.6) is 0 Å². The molecule has 0 saturated carbocycles. The van der Waals surface area contributed by atoms with Gasteiger partial charge in [-0.1, -0.05) is 0 Å². The van der Waals surface area contributed by atoms with Gasteiger partial charge in [0.15, 0.2) is 10.8 Å². The molecule has 7 N–H and O–H groups in total. The van der Waals surface area contributed by atoms with Crippen molar-refractivity contribution < 1.29 is 53.6 Å². The number of carbonyl (C=O) groups is 2. The van der Waals surface area contributed by atoms with Crippen molar-refractivity contribution in [2.75, 3.05) is 6.61 Å². The summed E-state index contributed by atoms with van der Waals surface area (Å²) >= 11 is 0. The lowest BCUT2D eigenvalue weighted by molar-refractivity contribution is -0.142. The van der Waals surface area contributed by atoms with Crippen LogP contribution in [0.2, 0.25) is 0 Å². The molecule has 0 aromatic rings. The molecule has 0 heterocycles. The van der Waals surface area contributed by atoms with Gasteiger partial charge < -0.3 is 34.9 Å². The van der Waals surface area contributed by atoms with Gasteiger partial charge in [0.2, 0.25) is 0 Å². The van der Waals surface area contributed by atoms with Crippen molar-refractivity contribution in [2.24, 2.45) is 0 Å². The van der Waals surface area contributed by atoms with Crippen LogP contribution in [0.25, 0.3) is 0 Å². The van der Waals surface area contributed by atoms with Crippen molar-refractivity contribution in [3.8, 4) is 0 Å². The third-order valence-corrected chi connectivity index (χ3v) is 5.85. The van der Waals surface area contributed by atoms with E-state index in [1.807, 2.05) is 0 Å². The molecular weight excluding hydrogens is 334 g/mol. The van der Waals surface area contributed by atoms with E-state index in [2.05, 4.69) is 0 Å². The molecule has 11 nitrogen and oxygen atoms in total. The van der Waals surface area contributed by atoms with Gasteiger partial charge in [-0.15, -0.1) is 0 Å². The fourth-order valence-corrected chi connectivity index (χ4v) is 3.83. The van der Waals surface area contributed by atoms with Gasteiger partial charge in [-0.05, 0) is 19.3 Å². The summed E-state index contributed by atoms with van der Waals surface area (Å²) in [6.45, 7) is -0.636. The van der Waals surface area contributed by atoms with Crippen LogP contribution in [0, 0.1) is 0 Å².